The predicted molar refractivity (Wildman–Crippen MR) is 119 cm³/mol. The van der Waals surface area contributed by atoms with Crippen molar-refractivity contribution in [1.29, 1.82) is 0 Å². The van der Waals surface area contributed by atoms with E-state index in [9.17, 15) is 9.59 Å². The first kappa shape index (κ1) is 31.2. The van der Waals surface area contributed by atoms with Gasteiger partial charge in [0, 0.05) is 0 Å². The zero-order valence-electron chi connectivity index (χ0n) is 16.6. The van der Waals surface area contributed by atoms with E-state index in [0.29, 0.717) is 0 Å². The maximum atomic E-state index is 10.4. The molecule has 0 bridgehead atoms. The van der Waals surface area contributed by atoms with Crippen molar-refractivity contribution >= 4 is 51.5 Å². The molecule has 0 aliphatic rings. The molecule has 1 aromatic rings. The van der Waals surface area contributed by atoms with Crippen molar-refractivity contribution in [2.45, 2.75) is 53.4 Å². The van der Waals surface area contributed by atoms with E-state index in [1.165, 1.54) is 66.9 Å². The summed E-state index contributed by atoms with van der Waals surface area (Å²) in [5.74, 6) is 3.87. The molecule has 5 nitrogen and oxygen atoms in total. The molecule has 1 rings (SSSR count). The topological polar surface area (TPSA) is 106 Å². The molecule has 0 spiro atoms. The normalized spacial score (nSPS) is 10.5. The Morgan fingerprint density at radius 2 is 1.07 bits per heavy atom. The second-order valence-electron chi connectivity index (χ2n) is 6.23. The molecule has 0 saturated heterocycles. The summed E-state index contributed by atoms with van der Waals surface area (Å²) in [6, 6.07) is 5.20. The van der Waals surface area contributed by atoms with Crippen LogP contribution < -0.4 is 0 Å². The van der Waals surface area contributed by atoms with Gasteiger partial charge in [0.2, 0.25) is 0 Å². The number of carbonyl (C=O) groups is 2. The maximum absolute atomic E-state index is 10.4. The molecule has 0 aliphatic heterocycles. The summed E-state index contributed by atoms with van der Waals surface area (Å²) in [7, 11) is -0.197. The standard InChI is InChI=1S/C12H28S.C8H6O4.Na.H2O.H/c1-5-9-13(10-6-2,11-7-3)12-8-4;9-7(10)5-2-1-3-6(4-5)8(11)12;;;/h5-12H2,1-4H3;1-4H,(H,9,10)(H,11,12);;1H2;. The zero-order chi connectivity index (χ0) is 19.3. The molecule has 1 aromatic carbocycles. The molecule has 27 heavy (non-hydrogen) atoms. The molecule has 0 amide bonds. The van der Waals surface area contributed by atoms with Gasteiger partial charge in [0.25, 0.3) is 0 Å². The molecule has 0 aliphatic carbocycles. The summed E-state index contributed by atoms with van der Waals surface area (Å²) >= 11 is 0. The molecular weight excluding hydrogens is 375 g/mol. The third kappa shape index (κ3) is 12.5. The van der Waals surface area contributed by atoms with Crippen LogP contribution in [0.2, 0.25) is 0 Å². The molecule has 0 radical (unpaired) electrons. The van der Waals surface area contributed by atoms with Crippen molar-refractivity contribution in [3.8, 4) is 0 Å². The van der Waals surface area contributed by atoms with E-state index in [4.69, 9.17) is 10.2 Å². The van der Waals surface area contributed by atoms with Crippen LogP contribution in [0.4, 0.5) is 0 Å². The van der Waals surface area contributed by atoms with Crippen molar-refractivity contribution in [1.82, 2.24) is 0 Å². The van der Waals surface area contributed by atoms with Gasteiger partial charge in [0.1, 0.15) is 0 Å². The van der Waals surface area contributed by atoms with Gasteiger partial charge in [0.05, 0.1) is 11.1 Å². The molecular formula is C20H37NaO5S. The third-order valence-electron chi connectivity index (χ3n) is 3.91. The van der Waals surface area contributed by atoms with E-state index in [1.54, 1.807) is 0 Å². The molecule has 0 atom stereocenters. The summed E-state index contributed by atoms with van der Waals surface area (Å²) in [4.78, 5) is 20.8. The molecule has 0 unspecified atom stereocenters. The second-order valence-corrected chi connectivity index (χ2v) is 10.3. The van der Waals surface area contributed by atoms with Gasteiger partial charge < -0.3 is 15.7 Å². The van der Waals surface area contributed by atoms with Crippen molar-refractivity contribution in [3.63, 3.8) is 0 Å². The van der Waals surface area contributed by atoms with Gasteiger partial charge >= 0.3 is 41.5 Å². The van der Waals surface area contributed by atoms with Crippen LogP contribution in [0.5, 0.6) is 0 Å². The Hall–Kier alpha value is -0.530. The fourth-order valence-electron chi connectivity index (χ4n) is 3.13. The monoisotopic (exact) mass is 412 g/mol. The number of aromatic carboxylic acids is 2. The van der Waals surface area contributed by atoms with Gasteiger partial charge in [-0.15, -0.1) is 0 Å². The summed E-state index contributed by atoms with van der Waals surface area (Å²) < 4.78 is 0. The van der Waals surface area contributed by atoms with Crippen LogP contribution in [0.3, 0.4) is 0 Å². The zero-order valence-corrected chi connectivity index (χ0v) is 17.4. The number of hydrogen-bond donors (Lipinski definition) is 2. The van der Waals surface area contributed by atoms with Gasteiger partial charge in [0.15, 0.2) is 0 Å². The fraction of sp³-hybridized carbons (Fsp3) is 0.600. The second kappa shape index (κ2) is 17.6. The van der Waals surface area contributed by atoms with E-state index in [-0.39, 0.29) is 56.2 Å². The Morgan fingerprint density at radius 1 is 0.778 bits per heavy atom. The van der Waals surface area contributed by atoms with Crippen LogP contribution in [0.25, 0.3) is 0 Å². The Bertz CT molecular complexity index is 478. The van der Waals surface area contributed by atoms with Crippen molar-refractivity contribution in [2.24, 2.45) is 0 Å². The van der Waals surface area contributed by atoms with Gasteiger partial charge in [-0.1, -0.05) is 33.8 Å². The molecule has 4 N–H and O–H groups in total. The summed E-state index contributed by atoms with van der Waals surface area (Å²) in [6.45, 7) is 9.40. The van der Waals surface area contributed by atoms with Gasteiger partial charge in [-0.2, -0.15) is 0 Å². The molecule has 0 aromatic heterocycles. The number of rotatable bonds is 10. The van der Waals surface area contributed by atoms with Crippen molar-refractivity contribution < 1.29 is 25.3 Å². The minimum absolute atomic E-state index is 0. The summed E-state index contributed by atoms with van der Waals surface area (Å²) in [5.41, 5.74) is -0.0372. The van der Waals surface area contributed by atoms with E-state index in [1.807, 2.05) is 0 Å². The first-order chi connectivity index (χ1) is 11.9. The van der Waals surface area contributed by atoms with Crippen molar-refractivity contribution in [2.75, 3.05) is 23.0 Å². The first-order valence-electron chi connectivity index (χ1n) is 9.16. The molecule has 7 heteroatoms. The van der Waals surface area contributed by atoms with E-state index in [2.05, 4.69) is 27.7 Å². The molecule has 154 valence electrons. The SMILES string of the molecule is CCCS(CCC)(CCC)CCC.O.O=C(O)c1cccc(C(=O)O)c1.[NaH]. The molecule has 0 saturated carbocycles. The average molecular weight is 413 g/mol. The Balaban J connectivity index is -0.000000398. The summed E-state index contributed by atoms with van der Waals surface area (Å²) in [6.07, 6.45) is 5.59. The van der Waals surface area contributed by atoms with Gasteiger partial charge in [-0.3, -0.25) is 0 Å². The van der Waals surface area contributed by atoms with Gasteiger partial charge in [-0.05, 0) is 66.9 Å². The van der Waals surface area contributed by atoms with E-state index < -0.39 is 11.9 Å². The van der Waals surface area contributed by atoms with E-state index >= 15 is 0 Å². The quantitative estimate of drug-likeness (QED) is 0.566. The first-order valence-corrected chi connectivity index (χ1v) is 11.5. The Kier molecular flexibility index (Phi) is 20.3. The van der Waals surface area contributed by atoms with Crippen LogP contribution >= 0.6 is 10.0 Å². The molecule has 0 heterocycles. The van der Waals surface area contributed by atoms with E-state index in [0.717, 1.165) is 6.07 Å². The van der Waals surface area contributed by atoms with Crippen LogP contribution in [0, 0.1) is 0 Å². The number of hydrogen-bond acceptors (Lipinski definition) is 2. The van der Waals surface area contributed by atoms with Crippen LogP contribution in [-0.4, -0.2) is 80.2 Å². The summed E-state index contributed by atoms with van der Waals surface area (Å²) in [5, 5.41) is 17.0. The molecule has 0 fully saturated rings. The van der Waals surface area contributed by atoms with Crippen LogP contribution in [0.1, 0.15) is 74.1 Å². The number of carboxylic acid groups (broad SMARTS) is 2. The predicted octanol–water partition coefficient (Wildman–Crippen LogP) is 4.04. The minimum atomic E-state index is -1.13. The van der Waals surface area contributed by atoms with Crippen LogP contribution in [-0.2, 0) is 0 Å². The number of carboxylic acids is 2. The van der Waals surface area contributed by atoms with Crippen molar-refractivity contribution in [3.05, 3.63) is 35.4 Å². The third-order valence-corrected chi connectivity index (χ3v) is 9.00. The van der Waals surface area contributed by atoms with Gasteiger partial charge in [-0.25, -0.2) is 19.6 Å². The average Bonchev–Trinajstić information content (AvgIpc) is 2.56. The Labute approximate surface area is 187 Å². The fourth-order valence-corrected chi connectivity index (χ4v) is 7.82. The number of benzene rings is 1. The Morgan fingerprint density at radius 3 is 1.30 bits per heavy atom. The van der Waals surface area contributed by atoms with Crippen LogP contribution in [0.15, 0.2) is 24.3 Å².